The van der Waals surface area contributed by atoms with Crippen LogP contribution in [0.3, 0.4) is 0 Å². The van der Waals surface area contributed by atoms with Crippen molar-refractivity contribution in [3.63, 3.8) is 0 Å². The molecule has 0 saturated carbocycles. The Kier molecular flexibility index (Phi) is 3.40. The van der Waals surface area contributed by atoms with Crippen LogP contribution < -0.4 is 5.32 Å². The zero-order valence-corrected chi connectivity index (χ0v) is 11.2. The minimum Gasteiger partial charge on any atom is -0.339 e. The van der Waals surface area contributed by atoms with Gasteiger partial charge in [0.05, 0.1) is 11.6 Å². The van der Waals surface area contributed by atoms with Crippen LogP contribution in [0.15, 0.2) is 30.5 Å². The smallest absolute Gasteiger partial charge is 0.242 e. The molecule has 0 aliphatic carbocycles. The molecule has 1 amide bonds. The van der Waals surface area contributed by atoms with Gasteiger partial charge < -0.3 is 14.8 Å². The third kappa shape index (κ3) is 2.38. The van der Waals surface area contributed by atoms with Gasteiger partial charge in [-0.1, -0.05) is 0 Å². The van der Waals surface area contributed by atoms with Crippen LogP contribution in [0.25, 0.3) is 10.9 Å². The van der Waals surface area contributed by atoms with Gasteiger partial charge in [0.15, 0.2) is 0 Å². The predicted octanol–water partition coefficient (Wildman–Crippen LogP) is 0.945. The first-order valence-electron chi connectivity index (χ1n) is 6.75. The second-order valence-electron chi connectivity index (χ2n) is 4.96. The standard InChI is InChI=1S/C15H16N4O/c16-10-12-1-2-14-13(9-12)3-6-19(14)11-15(20)18-7-4-17-5-8-18/h1-3,6,9,17H,4-5,7-8,11H2. The molecule has 102 valence electrons. The van der Waals surface area contributed by atoms with E-state index in [1.807, 2.05) is 33.9 Å². The molecule has 1 aromatic carbocycles. The van der Waals surface area contributed by atoms with Crippen molar-refractivity contribution in [1.82, 2.24) is 14.8 Å². The molecule has 0 atom stereocenters. The van der Waals surface area contributed by atoms with Crippen molar-refractivity contribution in [3.05, 3.63) is 36.0 Å². The lowest BCUT2D eigenvalue weighted by atomic mass is 10.2. The molecule has 20 heavy (non-hydrogen) atoms. The Morgan fingerprint density at radius 1 is 1.30 bits per heavy atom. The number of aromatic nitrogens is 1. The molecule has 1 aliphatic rings. The van der Waals surface area contributed by atoms with Gasteiger partial charge in [0, 0.05) is 43.3 Å². The monoisotopic (exact) mass is 268 g/mol. The highest BCUT2D eigenvalue weighted by Crippen LogP contribution is 2.17. The maximum absolute atomic E-state index is 12.3. The molecular weight excluding hydrogens is 252 g/mol. The van der Waals surface area contributed by atoms with Crippen LogP contribution in [0.1, 0.15) is 5.56 Å². The molecule has 3 rings (SSSR count). The van der Waals surface area contributed by atoms with Gasteiger partial charge in [-0.15, -0.1) is 0 Å². The lowest BCUT2D eigenvalue weighted by molar-refractivity contribution is -0.132. The highest BCUT2D eigenvalue weighted by atomic mass is 16.2. The van der Waals surface area contributed by atoms with E-state index in [1.54, 1.807) is 6.07 Å². The van der Waals surface area contributed by atoms with Crippen molar-refractivity contribution in [1.29, 1.82) is 5.26 Å². The Morgan fingerprint density at radius 3 is 2.85 bits per heavy atom. The van der Waals surface area contributed by atoms with Gasteiger partial charge >= 0.3 is 0 Å². The third-order valence-electron chi connectivity index (χ3n) is 3.68. The van der Waals surface area contributed by atoms with Crippen LogP contribution in [0, 0.1) is 11.3 Å². The number of amides is 1. The zero-order chi connectivity index (χ0) is 13.9. The predicted molar refractivity (Wildman–Crippen MR) is 76.1 cm³/mol. The molecule has 5 nitrogen and oxygen atoms in total. The van der Waals surface area contributed by atoms with Crippen molar-refractivity contribution < 1.29 is 4.79 Å². The molecule has 2 aromatic rings. The third-order valence-corrected chi connectivity index (χ3v) is 3.68. The van der Waals surface area contributed by atoms with E-state index < -0.39 is 0 Å². The number of nitrogens with one attached hydrogen (secondary N) is 1. The summed E-state index contributed by atoms with van der Waals surface area (Å²) in [6, 6.07) is 9.61. The van der Waals surface area contributed by atoms with E-state index in [0.29, 0.717) is 12.1 Å². The quantitative estimate of drug-likeness (QED) is 0.882. The molecule has 1 aromatic heterocycles. The van der Waals surface area contributed by atoms with E-state index in [4.69, 9.17) is 5.26 Å². The number of piperazine rings is 1. The van der Waals surface area contributed by atoms with Gasteiger partial charge in [-0.05, 0) is 24.3 Å². The Morgan fingerprint density at radius 2 is 2.10 bits per heavy atom. The summed E-state index contributed by atoms with van der Waals surface area (Å²) in [6.45, 7) is 3.63. The summed E-state index contributed by atoms with van der Waals surface area (Å²) in [5, 5.41) is 13.1. The summed E-state index contributed by atoms with van der Waals surface area (Å²) in [6.07, 6.45) is 1.91. The summed E-state index contributed by atoms with van der Waals surface area (Å²) in [4.78, 5) is 14.2. The van der Waals surface area contributed by atoms with Crippen molar-refractivity contribution >= 4 is 16.8 Å². The number of fused-ring (bicyclic) bond motifs is 1. The molecule has 5 heteroatoms. The van der Waals surface area contributed by atoms with Crippen molar-refractivity contribution in [2.75, 3.05) is 26.2 Å². The number of rotatable bonds is 2. The summed E-state index contributed by atoms with van der Waals surface area (Å²) < 4.78 is 1.95. The fourth-order valence-electron chi connectivity index (χ4n) is 2.57. The summed E-state index contributed by atoms with van der Waals surface area (Å²) >= 11 is 0. The first kappa shape index (κ1) is 12.7. The van der Waals surface area contributed by atoms with Crippen LogP contribution in [-0.2, 0) is 11.3 Å². The van der Waals surface area contributed by atoms with Gasteiger partial charge in [-0.2, -0.15) is 5.26 Å². The minimum atomic E-state index is 0.147. The second kappa shape index (κ2) is 5.35. The largest absolute Gasteiger partial charge is 0.339 e. The van der Waals surface area contributed by atoms with Gasteiger partial charge in [-0.3, -0.25) is 4.79 Å². The Bertz CT molecular complexity index is 677. The number of hydrogen-bond donors (Lipinski definition) is 1. The average molecular weight is 268 g/mol. The lowest BCUT2D eigenvalue weighted by Gasteiger charge is -2.27. The Hall–Kier alpha value is -2.32. The maximum Gasteiger partial charge on any atom is 0.242 e. The fourth-order valence-corrected chi connectivity index (χ4v) is 2.57. The van der Waals surface area contributed by atoms with Crippen LogP contribution >= 0.6 is 0 Å². The molecule has 1 fully saturated rings. The minimum absolute atomic E-state index is 0.147. The van der Waals surface area contributed by atoms with Gasteiger partial charge in [0.25, 0.3) is 0 Å². The first-order valence-corrected chi connectivity index (χ1v) is 6.75. The van der Waals surface area contributed by atoms with E-state index in [9.17, 15) is 4.79 Å². The molecule has 2 heterocycles. The number of hydrogen-bond acceptors (Lipinski definition) is 3. The molecule has 0 radical (unpaired) electrons. The van der Waals surface area contributed by atoms with Crippen molar-refractivity contribution in [2.24, 2.45) is 0 Å². The molecule has 1 saturated heterocycles. The number of carbonyl (C=O) groups is 1. The average Bonchev–Trinajstić information content (AvgIpc) is 2.90. The number of nitrogens with zero attached hydrogens (tertiary/aromatic N) is 3. The van der Waals surface area contributed by atoms with Crippen LogP contribution in [-0.4, -0.2) is 41.6 Å². The van der Waals surface area contributed by atoms with Gasteiger partial charge in [0.1, 0.15) is 6.54 Å². The Balaban J connectivity index is 1.80. The molecule has 0 bridgehead atoms. The molecule has 0 unspecified atom stereocenters. The molecule has 0 spiro atoms. The van der Waals surface area contributed by atoms with Crippen molar-refractivity contribution in [2.45, 2.75) is 6.54 Å². The highest BCUT2D eigenvalue weighted by Gasteiger charge is 2.16. The van der Waals surface area contributed by atoms with Crippen LogP contribution in [0.2, 0.25) is 0 Å². The molecular formula is C15H16N4O. The Labute approximate surface area is 117 Å². The van der Waals surface area contributed by atoms with E-state index >= 15 is 0 Å². The van der Waals surface area contributed by atoms with Crippen LogP contribution in [0.4, 0.5) is 0 Å². The second-order valence-corrected chi connectivity index (χ2v) is 4.96. The van der Waals surface area contributed by atoms with E-state index in [1.165, 1.54) is 0 Å². The number of benzene rings is 1. The maximum atomic E-state index is 12.3. The fraction of sp³-hybridized carbons (Fsp3) is 0.333. The number of carbonyl (C=O) groups excluding carboxylic acids is 1. The summed E-state index contributed by atoms with van der Waals surface area (Å²) in [7, 11) is 0. The summed E-state index contributed by atoms with van der Waals surface area (Å²) in [5.41, 5.74) is 1.64. The first-order chi connectivity index (χ1) is 9.78. The van der Waals surface area contributed by atoms with Crippen LogP contribution in [0.5, 0.6) is 0 Å². The highest BCUT2D eigenvalue weighted by molar-refractivity contribution is 5.84. The van der Waals surface area contributed by atoms with E-state index in [0.717, 1.165) is 37.1 Å². The normalized spacial score (nSPS) is 15.2. The van der Waals surface area contributed by atoms with Gasteiger partial charge in [0.2, 0.25) is 5.91 Å². The molecule has 1 N–H and O–H groups in total. The van der Waals surface area contributed by atoms with E-state index in [2.05, 4.69) is 11.4 Å². The lowest BCUT2D eigenvalue weighted by Crippen LogP contribution is -2.47. The topological polar surface area (TPSA) is 61.1 Å². The summed E-state index contributed by atoms with van der Waals surface area (Å²) in [5.74, 6) is 0.147. The molecule has 1 aliphatic heterocycles. The SMILES string of the molecule is N#Cc1ccc2c(ccn2CC(=O)N2CCNCC2)c1. The van der Waals surface area contributed by atoms with E-state index in [-0.39, 0.29) is 5.91 Å². The van der Waals surface area contributed by atoms with Gasteiger partial charge in [-0.25, -0.2) is 0 Å². The zero-order valence-electron chi connectivity index (χ0n) is 11.2. The number of nitriles is 1. The van der Waals surface area contributed by atoms with Crippen molar-refractivity contribution in [3.8, 4) is 6.07 Å².